The first kappa shape index (κ1) is 18.5. The summed E-state index contributed by atoms with van der Waals surface area (Å²) in [5, 5.41) is 10.7. The number of aryl methyl sites for hydroxylation is 1. The Labute approximate surface area is 172 Å². The van der Waals surface area contributed by atoms with Gasteiger partial charge in [-0.05, 0) is 49.0 Å². The highest BCUT2D eigenvalue weighted by molar-refractivity contribution is 7.06. The molecule has 1 saturated carbocycles. The van der Waals surface area contributed by atoms with Crippen molar-refractivity contribution in [2.45, 2.75) is 25.9 Å². The Morgan fingerprint density at radius 1 is 1.45 bits per heavy atom. The molecule has 1 amide bonds. The number of nitrogens with zero attached hydrogens (tertiary/aromatic N) is 3. The zero-order valence-electron chi connectivity index (χ0n) is 16.2. The standard InChI is InChI=1S/C20H23N5O3S/c1-12-18(20(24-29-12)28-11-16-10-21-5-7-27-16)14-4-6-25-15(8-14)9-17(23-25)22-19(26)13-2-3-13/h4,6,8-9,13,16,21H,2-3,5,7,10-11H2,1H3,(H,22,23,26). The van der Waals surface area contributed by atoms with Crippen molar-refractivity contribution in [1.29, 1.82) is 0 Å². The predicted octanol–water partition coefficient (Wildman–Crippen LogP) is 2.48. The van der Waals surface area contributed by atoms with E-state index in [1.165, 1.54) is 11.5 Å². The van der Waals surface area contributed by atoms with E-state index in [0.29, 0.717) is 24.9 Å². The molecule has 8 nitrogen and oxygen atoms in total. The van der Waals surface area contributed by atoms with E-state index < -0.39 is 0 Å². The van der Waals surface area contributed by atoms with Crippen molar-refractivity contribution in [3.05, 3.63) is 29.3 Å². The number of rotatable bonds is 6. The maximum Gasteiger partial charge on any atom is 0.233 e. The number of hydrogen-bond acceptors (Lipinski definition) is 7. The summed E-state index contributed by atoms with van der Waals surface area (Å²) in [6.07, 6.45) is 3.87. The second-order valence-corrected chi connectivity index (χ2v) is 8.48. The van der Waals surface area contributed by atoms with Crippen LogP contribution in [0.5, 0.6) is 5.88 Å². The third-order valence-electron chi connectivity index (χ3n) is 5.19. The van der Waals surface area contributed by atoms with Gasteiger partial charge in [-0.25, -0.2) is 4.52 Å². The van der Waals surface area contributed by atoms with Gasteiger partial charge in [-0.2, -0.15) is 9.47 Å². The fraction of sp³-hybridized carbons (Fsp3) is 0.450. The van der Waals surface area contributed by atoms with Gasteiger partial charge in [0.25, 0.3) is 0 Å². The Kier molecular flexibility index (Phi) is 4.94. The van der Waals surface area contributed by atoms with E-state index in [1.54, 1.807) is 4.52 Å². The lowest BCUT2D eigenvalue weighted by Crippen LogP contribution is -2.41. The van der Waals surface area contributed by atoms with Gasteiger partial charge in [0.2, 0.25) is 11.8 Å². The molecule has 2 aliphatic rings. The van der Waals surface area contributed by atoms with Crippen LogP contribution in [0.25, 0.3) is 16.6 Å². The van der Waals surface area contributed by atoms with Crippen molar-refractivity contribution in [3.63, 3.8) is 0 Å². The van der Waals surface area contributed by atoms with Crippen LogP contribution >= 0.6 is 11.5 Å². The van der Waals surface area contributed by atoms with E-state index in [0.717, 1.165) is 47.5 Å². The lowest BCUT2D eigenvalue weighted by atomic mass is 10.1. The molecule has 0 bridgehead atoms. The zero-order chi connectivity index (χ0) is 19.8. The van der Waals surface area contributed by atoms with Gasteiger partial charge in [-0.3, -0.25) is 4.79 Å². The molecule has 5 rings (SSSR count). The lowest BCUT2D eigenvalue weighted by molar-refractivity contribution is -0.117. The molecule has 0 aromatic carbocycles. The predicted molar refractivity (Wildman–Crippen MR) is 110 cm³/mol. The summed E-state index contributed by atoms with van der Waals surface area (Å²) in [6, 6.07) is 5.93. The number of hydrogen-bond donors (Lipinski definition) is 2. The van der Waals surface area contributed by atoms with Crippen molar-refractivity contribution in [2.24, 2.45) is 5.92 Å². The number of carbonyl (C=O) groups is 1. The second-order valence-electron chi connectivity index (χ2n) is 7.50. The minimum atomic E-state index is 0.0357. The third kappa shape index (κ3) is 3.98. The van der Waals surface area contributed by atoms with E-state index >= 15 is 0 Å². The van der Waals surface area contributed by atoms with Crippen LogP contribution in [0.15, 0.2) is 24.4 Å². The molecule has 29 heavy (non-hydrogen) atoms. The molecule has 3 aromatic rings. The fourth-order valence-electron chi connectivity index (χ4n) is 3.46. The smallest absolute Gasteiger partial charge is 0.233 e. The van der Waals surface area contributed by atoms with Crippen LogP contribution in [0.4, 0.5) is 5.82 Å². The van der Waals surface area contributed by atoms with E-state index in [1.807, 2.05) is 31.3 Å². The van der Waals surface area contributed by atoms with Gasteiger partial charge in [0.1, 0.15) is 12.7 Å². The molecule has 1 atom stereocenters. The topological polar surface area (TPSA) is 89.8 Å². The Morgan fingerprint density at radius 3 is 3.14 bits per heavy atom. The Bertz CT molecular complexity index is 1040. The molecule has 0 spiro atoms. The van der Waals surface area contributed by atoms with Crippen molar-refractivity contribution < 1.29 is 14.3 Å². The summed E-state index contributed by atoms with van der Waals surface area (Å²) < 4.78 is 18.0. The van der Waals surface area contributed by atoms with E-state index in [4.69, 9.17) is 9.47 Å². The number of nitrogens with one attached hydrogen (secondary N) is 2. The molecule has 3 aromatic heterocycles. The van der Waals surface area contributed by atoms with Crippen LogP contribution in [-0.2, 0) is 9.53 Å². The van der Waals surface area contributed by atoms with E-state index in [2.05, 4.69) is 20.1 Å². The first-order chi connectivity index (χ1) is 14.2. The molecule has 4 heterocycles. The number of anilines is 1. The van der Waals surface area contributed by atoms with Crippen LogP contribution < -0.4 is 15.4 Å². The SMILES string of the molecule is Cc1snc(OCC2CNCCO2)c1-c1ccn2nc(NC(=O)C3CC3)cc2c1. The number of carbonyl (C=O) groups excluding carboxylic acids is 1. The molecule has 152 valence electrons. The zero-order valence-corrected chi connectivity index (χ0v) is 17.0. The Morgan fingerprint density at radius 2 is 2.34 bits per heavy atom. The monoisotopic (exact) mass is 413 g/mol. The van der Waals surface area contributed by atoms with Gasteiger partial charge in [0.15, 0.2) is 5.82 Å². The molecule has 0 radical (unpaired) electrons. The fourth-order valence-corrected chi connectivity index (χ4v) is 4.12. The first-order valence-electron chi connectivity index (χ1n) is 9.89. The molecule has 9 heteroatoms. The molecule has 1 aliphatic carbocycles. The number of morpholine rings is 1. The van der Waals surface area contributed by atoms with Crippen molar-refractivity contribution >= 4 is 28.8 Å². The Balaban J connectivity index is 1.36. The Hall–Kier alpha value is -2.49. The number of amides is 1. The minimum Gasteiger partial charge on any atom is -0.474 e. The molecule has 1 saturated heterocycles. The summed E-state index contributed by atoms with van der Waals surface area (Å²) in [7, 11) is 0. The summed E-state index contributed by atoms with van der Waals surface area (Å²) in [5.74, 6) is 1.42. The molecular formula is C20H23N5O3S. The van der Waals surface area contributed by atoms with Crippen molar-refractivity contribution in [1.82, 2.24) is 19.3 Å². The molecular weight excluding hydrogens is 390 g/mol. The maximum absolute atomic E-state index is 12.0. The van der Waals surface area contributed by atoms with Gasteiger partial charge >= 0.3 is 0 Å². The van der Waals surface area contributed by atoms with Gasteiger partial charge in [0, 0.05) is 36.1 Å². The van der Waals surface area contributed by atoms with Crippen LogP contribution in [0.3, 0.4) is 0 Å². The molecule has 2 fully saturated rings. The highest BCUT2D eigenvalue weighted by Gasteiger charge is 2.30. The van der Waals surface area contributed by atoms with Crippen molar-refractivity contribution in [3.8, 4) is 17.0 Å². The van der Waals surface area contributed by atoms with Crippen LogP contribution in [-0.4, -0.2) is 52.3 Å². The average molecular weight is 414 g/mol. The molecule has 2 N–H and O–H groups in total. The normalized spacial score (nSPS) is 19.4. The van der Waals surface area contributed by atoms with Crippen LogP contribution in [0.2, 0.25) is 0 Å². The van der Waals surface area contributed by atoms with Gasteiger partial charge in [0.05, 0.1) is 17.7 Å². The largest absolute Gasteiger partial charge is 0.474 e. The minimum absolute atomic E-state index is 0.0357. The third-order valence-corrected chi connectivity index (χ3v) is 5.93. The number of fused-ring (bicyclic) bond motifs is 1. The van der Waals surface area contributed by atoms with E-state index in [9.17, 15) is 4.79 Å². The van der Waals surface area contributed by atoms with E-state index in [-0.39, 0.29) is 17.9 Å². The van der Waals surface area contributed by atoms with Crippen LogP contribution in [0.1, 0.15) is 17.7 Å². The van der Waals surface area contributed by atoms with Gasteiger partial charge in [-0.1, -0.05) is 0 Å². The first-order valence-corrected chi connectivity index (χ1v) is 10.7. The molecule has 1 aliphatic heterocycles. The quantitative estimate of drug-likeness (QED) is 0.645. The van der Waals surface area contributed by atoms with Crippen molar-refractivity contribution in [2.75, 3.05) is 31.6 Å². The van der Waals surface area contributed by atoms with Gasteiger partial charge in [-0.15, -0.1) is 0 Å². The molecule has 1 unspecified atom stereocenters. The summed E-state index contributed by atoms with van der Waals surface area (Å²) in [4.78, 5) is 13.1. The maximum atomic E-state index is 12.0. The van der Waals surface area contributed by atoms with Crippen LogP contribution in [0, 0.1) is 12.8 Å². The second kappa shape index (κ2) is 7.74. The highest BCUT2D eigenvalue weighted by Crippen LogP contribution is 2.36. The summed E-state index contributed by atoms with van der Waals surface area (Å²) in [6.45, 7) is 4.88. The number of aromatic nitrogens is 3. The number of ether oxygens (including phenoxy) is 2. The van der Waals surface area contributed by atoms with Gasteiger partial charge < -0.3 is 20.1 Å². The summed E-state index contributed by atoms with van der Waals surface area (Å²) >= 11 is 1.43. The average Bonchev–Trinajstić information content (AvgIpc) is 3.42. The summed E-state index contributed by atoms with van der Waals surface area (Å²) in [5.41, 5.74) is 2.91. The lowest BCUT2D eigenvalue weighted by Gasteiger charge is -2.23. The number of pyridine rings is 1. The highest BCUT2D eigenvalue weighted by atomic mass is 32.1.